The molecule has 0 saturated heterocycles. The van der Waals surface area contributed by atoms with Gasteiger partial charge in [-0.15, -0.1) is 0 Å². The minimum atomic E-state index is -0.0556. The van der Waals surface area contributed by atoms with Crippen LogP contribution in [-0.2, 0) is 9.53 Å². The van der Waals surface area contributed by atoms with E-state index in [0.29, 0.717) is 17.7 Å². The van der Waals surface area contributed by atoms with E-state index in [4.69, 9.17) is 10.5 Å². The quantitative estimate of drug-likeness (QED) is 0.732. The number of carbonyl (C=O) groups is 1. The first kappa shape index (κ1) is 16.2. The molecule has 2 N–H and O–H groups in total. The van der Waals surface area contributed by atoms with Crippen molar-refractivity contribution >= 4 is 17.7 Å². The number of ether oxygens (including phenoxy) is 1. The van der Waals surface area contributed by atoms with Gasteiger partial charge in [0, 0.05) is 11.3 Å². The zero-order valence-corrected chi connectivity index (χ0v) is 13.7. The molecular weight excluding hydrogens is 270 g/mol. The number of rotatable bonds is 7. The fourth-order valence-electron chi connectivity index (χ4n) is 3.31. The minimum absolute atomic E-state index is 0.0556. The second-order valence-corrected chi connectivity index (χ2v) is 7.96. The van der Waals surface area contributed by atoms with E-state index in [-0.39, 0.29) is 11.4 Å². The first-order valence-electron chi connectivity index (χ1n) is 8.02. The third-order valence-corrected chi connectivity index (χ3v) is 6.71. The molecule has 0 bridgehead atoms. The lowest BCUT2D eigenvalue weighted by Gasteiger charge is -2.34. The number of thioether (sulfide) groups is 1. The van der Waals surface area contributed by atoms with Crippen LogP contribution in [0.15, 0.2) is 0 Å². The van der Waals surface area contributed by atoms with Crippen LogP contribution in [0, 0.1) is 11.3 Å². The monoisotopic (exact) mass is 299 g/mol. The fraction of sp³-hybridized carbons (Fsp3) is 0.938. The first-order chi connectivity index (χ1) is 9.58. The molecule has 2 saturated carbocycles. The normalized spacial score (nSPS) is 31.9. The fourth-order valence-corrected chi connectivity index (χ4v) is 5.06. The van der Waals surface area contributed by atoms with E-state index in [1.165, 1.54) is 52.1 Å². The Labute approximate surface area is 127 Å². The number of methoxy groups -OCH3 is 1. The zero-order valence-electron chi connectivity index (χ0n) is 12.9. The molecule has 2 fully saturated rings. The van der Waals surface area contributed by atoms with Gasteiger partial charge < -0.3 is 10.5 Å². The maximum Gasteiger partial charge on any atom is 0.306 e. The Morgan fingerprint density at radius 3 is 2.75 bits per heavy atom. The van der Waals surface area contributed by atoms with Crippen molar-refractivity contribution in [2.75, 3.05) is 12.9 Å². The third kappa shape index (κ3) is 4.39. The summed E-state index contributed by atoms with van der Waals surface area (Å²) in [6.45, 7) is 2.27. The van der Waals surface area contributed by atoms with Gasteiger partial charge in [-0.2, -0.15) is 11.8 Å². The standard InChI is InChI=1S/C16H29NO2S/c1-3-4-12-5-6-13(17)14(9-12)20-11-16(7-8-16)10-15(18)19-2/h12-14H,3-11,17H2,1-2H3. The van der Waals surface area contributed by atoms with Crippen LogP contribution < -0.4 is 5.73 Å². The predicted molar refractivity (Wildman–Crippen MR) is 84.8 cm³/mol. The van der Waals surface area contributed by atoms with E-state index < -0.39 is 0 Å². The van der Waals surface area contributed by atoms with E-state index in [1.54, 1.807) is 0 Å². The molecule has 2 rings (SSSR count). The second kappa shape index (κ2) is 7.17. The molecule has 0 amide bonds. The predicted octanol–water partition coefficient (Wildman–Crippen LogP) is 3.36. The molecular formula is C16H29NO2S. The van der Waals surface area contributed by atoms with E-state index in [1.807, 2.05) is 11.8 Å². The summed E-state index contributed by atoms with van der Waals surface area (Å²) in [5.41, 5.74) is 6.53. The molecule has 0 spiro atoms. The van der Waals surface area contributed by atoms with E-state index in [2.05, 4.69) is 6.92 Å². The molecule has 2 aliphatic rings. The molecule has 0 aromatic heterocycles. The summed E-state index contributed by atoms with van der Waals surface area (Å²) in [5.74, 6) is 1.90. The highest BCUT2D eigenvalue weighted by molar-refractivity contribution is 8.00. The van der Waals surface area contributed by atoms with Crippen LogP contribution >= 0.6 is 11.8 Å². The van der Waals surface area contributed by atoms with Gasteiger partial charge in [0.25, 0.3) is 0 Å². The molecule has 0 aromatic rings. The van der Waals surface area contributed by atoms with Gasteiger partial charge in [-0.1, -0.05) is 19.8 Å². The lowest BCUT2D eigenvalue weighted by molar-refractivity contribution is -0.141. The highest BCUT2D eigenvalue weighted by Crippen LogP contribution is 2.52. The summed E-state index contributed by atoms with van der Waals surface area (Å²) in [6, 6.07) is 0.349. The van der Waals surface area contributed by atoms with Crippen molar-refractivity contribution in [3.05, 3.63) is 0 Å². The zero-order chi connectivity index (χ0) is 14.6. The van der Waals surface area contributed by atoms with E-state index in [0.717, 1.165) is 11.7 Å². The molecule has 0 aliphatic heterocycles. The van der Waals surface area contributed by atoms with Crippen LogP contribution in [0.25, 0.3) is 0 Å². The van der Waals surface area contributed by atoms with Crippen LogP contribution in [0.2, 0.25) is 0 Å². The Hall–Kier alpha value is -0.220. The molecule has 0 heterocycles. The smallest absolute Gasteiger partial charge is 0.306 e. The maximum absolute atomic E-state index is 11.5. The van der Waals surface area contributed by atoms with Crippen molar-refractivity contribution < 1.29 is 9.53 Å². The van der Waals surface area contributed by atoms with Gasteiger partial charge in [0.05, 0.1) is 13.5 Å². The molecule has 3 atom stereocenters. The minimum Gasteiger partial charge on any atom is -0.469 e. The summed E-state index contributed by atoms with van der Waals surface area (Å²) in [6.07, 6.45) is 9.32. The molecule has 4 heteroatoms. The SMILES string of the molecule is CCCC1CCC(N)C(SCC2(CC(=O)OC)CC2)C1. The number of hydrogen-bond donors (Lipinski definition) is 1. The van der Waals surface area contributed by atoms with Crippen LogP contribution in [0.3, 0.4) is 0 Å². The van der Waals surface area contributed by atoms with Crippen LogP contribution in [0.1, 0.15) is 58.3 Å². The Bertz CT molecular complexity index is 330. The topological polar surface area (TPSA) is 52.3 Å². The van der Waals surface area contributed by atoms with Crippen LogP contribution in [-0.4, -0.2) is 30.1 Å². The Morgan fingerprint density at radius 2 is 2.15 bits per heavy atom. The van der Waals surface area contributed by atoms with Gasteiger partial charge in [0.1, 0.15) is 0 Å². The summed E-state index contributed by atoms with van der Waals surface area (Å²) < 4.78 is 4.82. The van der Waals surface area contributed by atoms with Gasteiger partial charge in [-0.3, -0.25) is 4.79 Å². The van der Waals surface area contributed by atoms with Crippen molar-refractivity contribution in [2.24, 2.45) is 17.1 Å². The third-order valence-electron chi connectivity index (χ3n) is 4.96. The second-order valence-electron chi connectivity index (χ2n) is 6.73. The summed E-state index contributed by atoms with van der Waals surface area (Å²) in [5, 5.41) is 0.593. The molecule has 116 valence electrons. The Balaban J connectivity index is 1.78. The first-order valence-corrected chi connectivity index (χ1v) is 9.07. The van der Waals surface area contributed by atoms with Gasteiger partial charge in [-0.05, 0) is 49.2 Å². The molecule has 0 radical (unpaired) electrons. The van der Waals surface area contributed by atoms with Crippen LogP contribution in [0.5, 0.6) is 0 Å². The molecule has 0 aromatic carbocycles. The van der Waals surface area contributed by atoms with Gasteiger partial charge in [0.15, 0.2) is 0 Å². The largest absolute Gasteiger partial charge is 0.469 e. The maximum atomic E-state index is 11.5. The Morgan fingerprint density at radius 1 is 1.40 bits per heavy atom. The van der Waals surface area contributed by atoms with Crippen molar-refractivity contribution in [3.8, 4) is 0 Å². The summed E-state index contributed by atoms with van der Waals surface area (Å²) in [7, 11) is 1.48. The van der Waals surface area contributed by atoms with Crippen molar-refractivity contribution in [3.63, 3.8) is 0 Å². The van der Waals surface area contributed by atoms with Gasteiger partial charge in [-0.25, -0.2) is 0 Å². The average Bonchev–Trinajstić information content (AvgIpc) is 3.19. The van der Waals surface area contributed by atoms with Gasteiger partial charge >= 0.3 is 5.97 Å². The highest BCUT2D eigenvalue weighted by atomic mass is 32.2. The highest BCUT2D eigenvalue weighted by Gasteiger charge is 2.45. The van der Waals surface area contributed by atoms with E-state index in [9.17, 15) is 4.79 Å². The molecule has 3 unspecified atom stereocenters. The van der Waals surface area contributed by atoms with Gasteiger partial charge in [0.2, 0.25) is 0 Å². The Kier molecular flexibility index (Phi) is 5.79. The lowest BCUT2D eigenvalue weighted by Crippen LogP contribution is -2.39. The molecule has 20 heavy (non-hydrogen) atoms. The number of hydrogen-bond acceptors (Lipinski definition) is 4. The number of esters is 1. The molecule has 3 nitrogen and oxygen atoms in total. The summed E-state index contributed by atoms with van der Waals surface area (Å²) in [4.78, 5) is 11.5. The average molecular weight is 299 g/mol. The number of nitrogens with two attached hydrogens (primary N) is 1. The van der Waals surface area contributed by atoms with Crippen molar-refractivity contribution in [1.29, 1.82) is 0 Å². The van der Waals surface area contributed by atoms with E-state index >= 15 is 0 Å². The van der Waals surface area contributed by atoms with Crippen LogP contribution in [0.4, 0.5) is 0 Å². The lowest BCUT2D eigenvalue weighted by atomic mass is 9.83. The van der Waals surface area contributed by atoms with Crippen molar-refractivity contribution in [2.45, 2.75) is 69.6 Å². The summed E-state index contributed by atoms with van der Waals surface area (Å²) >= 11 is 2.02. The van der Waals surface area contributed by atoms with Crippen molar-refractivity contribution in [1.82, 2.24) is 0 Å². The molecule has 2 aliphatic carbocycles. The number of carbonyl (C=O) groups excluding carboxylic acids is 1.